The van der Waals surface area contributed by atoms with Gasteiger partial charge >= 0.3 is 0 Å². The molecule has 0 fully saturated rings. The first kappa shape index (κ1) is 15.3. The minimum Gasteiger partial charge on any atom is -0.497 e. The third-order valence-electron chi connectivity index (χ3n) is 4.46. The highest BCUT2D eigenvalue weighted by Gasteiger charge is 2.33. The number of hydrogen-bond donors (Lipinski definition) is 0. The van der Waals surface area contributed by atoms with Crippen LogP contribution in [0.3, 0.4) is 0 Å². The average molecular weight is 330 g/mol. The molecular weight excluding hydrogens is 312 g/mol. The standard InChI is InChI=1S/C21H18N2O2/c1-22-12-6-8-15(22)14-19-18-10-3-4-11-20(18)23(21(19)24)16-7-5-9-17(13-16)25-2/h3-14H,1-2H3/b19-14-. The molecule has 1 amide bonds. The van der Waals surface area contributed by atoms with Crippen molar-refractivity contribution in [1.29, 1.82) is 0 Å². The van der Waals surface area contributed by atoms with Crippen molar-refractivity contribution in [2.45, 2.75) is 0 Å². The van der Waals surface area contributed by atoms with E-state index in [-0.39, 0.29) is 5.91 Å². The number of fused-ring (bicyclic) bond motifs is 1. The quantitative estimate of drug-likeness (QED) is 0.673. The first-order valence-electron chi connectivity index (χ1n) is 8.10. The van der Waals surface area contributed by atoms with E-state index >= 15 is 0 Å². The summed E-state index contributed by atoms with van der Waals surface area (Å²) in [7, 11) is 3.59. The fourth-order valence-corrected chi connectivity index (χ4v) is 3.16. The summed E-state index contributed by atoms with van der Waals surface area (Å²) in [5.41, 5.74) is 4.32. The lowest BCUT2D eigenvalue weighted by Gasteiger charge is -2.17. The number of carbonyl (C=O) groups is 1. The molecule has 1 aliphatic heterocycles. The molecule has 0 saturated carbocycles. The lowest BCUT2D eigenvalue weighted by molar-refractivity contribution is -0.112. The molecule has 4 nitrogen and oxygen atoms in total. The molecular formula is C21H18N2O2. The van der Waals surface area contributed by atoms with E-state index in [1.807, 2.05) is 84.6 Å². The van der Waals surface area contributed by atoms with Gasteiger partial charge in [-0.2, -0.15) is 0 Å². The molecule has 0 N–H and O–H groups in total. The summed E-state index contributed by atoms with van der Waals surface area (Å²) in [6, 6.07) is 19.4. The van der Waals surface area contributed by atoms with Gasteiger partial charge < -0.3 is 9.30 Å². The van der Waals surface area contributed by atoms with Crippen molar-refractivity contribution in [3.05, 3.63) is 78.1 Å². The normalized spacial score (nSPS) is 14.9. The van der Waals surface area contributed by atoms with Crippen LogP contribution in [0.2, 0.25) is 0 Å². The predicted octanol–water partition coefficient (Wildman–Crippen LogP) is 4.25. The predicted molar refractivity (Wildman–Crippen MR) is 99.9 cm³/mol. The Morgan fingerprint density at radius 2 is 1.84 bits per heavy atom. The number of para-hydroxylation sites is 1. The summed E-state index contributed by atoms with van der Waals surface area (Å²) in [6.45, 7) is 0. The number of carbonyl (C=O) groups excluding carboxylic acids is 1. The highest BCUT2D eigenvalue weighted by atomic mass is 16.5. The zero-order valence-corrected chi connectivity index (χ0v) is 14.1. The van der Waals surface area contributed by atoms with Crippen molar-refractivity contribution in [3.63, 3.8) is 0 Å². The molecule has 0 aliphatic carbocycles. The second kappa shape index (κ2) is 5.98. The van der Waals surface area contributed by atoms with Gasteiger partial charge in [0.2, 0.25) is 0 Å². The van der Waals surface area contributed by atoms with Crippen LogP contribution in [-0.4, -0.2) is 17.6 Å². The van der Waals surface area contributed by atoms with Crippen LogP contribution < -0.4 is 9.64 Å². The van der Waals surface area contributed by atoms with Crippen molar-refractivity contribution in [2.24, 2.45) is 7.05 Å². The van der Waals surface area contributed by atoms with E-state index in [1.54, 1.807) is 12.0 Å². The Balaban J connectivity index is 1.87. The topological polar surface area (TPSA) is 34.5 Å². The van der Waals surface area contributed by atoms with Crippen molar-refractivity contribution < 1.29 is 9.53 Å². The molecule has 2 aromatic carbocycles. The minimum absolute atomic E-state index is 0.0318. The SMILES string of the molecule is COc1cccc(N2C(=O)/C(=C\c3cccn3C)c3ccccc32)c1. The van der Waals surface area contributed by atoms with Gasteiger partial charge in [-0.25, -0.2) is 0 Å². The van der Waals surface area contributed by atoms with E-state index < -0.39 is 0 Å². The Morgan fingerprint density at radius 3 is 2.60 bits per heavy atom. The zero-order valence-electron chi connectivity index (χ0n) is 14.1. The Labute approximate surface area is 146 Å². The van der Waals surface area contributed by atoms with Crippen LogP contribution in [0, 0.1) is 0 Å². The lowest BCUT2D eigenvalue weighted by Crippen LogP contribution is -2.20. The maximum Gasteiger partial charge on any atom is 0.263 e. The highest BCUT2D eigenvalue weighted by Crippen LogP contribution is 2.42. The molecule has 3 aromatic rings. The fraction of sp³-hybridized carbons (Fsp3) is 0.0952. The maximum atomic E-state index is 13.2. The number of ether oxygens (including phenoxy) is 1. The van der Waals surface area contributed by atoms with E-state index in [9.17, 15) is 4.79 Å². The largest absolute Gasteiger partial charge is 0.497 e. The second-order valence-corrected chi connectivity index (χ2v) is 5.96. The van der Waals surface area contributed by atoms with Gasteiger partial charge in [0.05, 0.1) is 24.1 Å². The molecule has 4 rings (SSSR count). The van der Waals surface area contributed by atoms with Gasteiger partial charge in [-0.1, -0.05) is 24.3 Å². The summed E-state index contributed by atoms with van der Waals surface area (Å²) >= 11 is 0. The highest BCUT2D eigenvalue weighted by molar-refractivity contribution is 6.37. The van der Waals surface area contributed by atoms with Gasteiger partial charge in [0.25, 0.3) is 5.91 Å². The van der Waals surface area contributed by atoms with Crippen LogP contribution in [-0.2, 0) is 11.8 Å². The Hall–Kier alpha value is -3.27. The van der Waals surface area contributed by atoms with Crippen LogP contribution in [0.25, 0.3) is 11.6 Å². The van der Waals surface area contributed by atoms with E-state index in [4.69, 9.17) is 4.74 Å². The van der Waals surface area contributed by atoms with Crippen molar-refractivity contribution in [3.8, 4) is 5.75 Å². The maximum absolute atomic E-state index is 13.2. The number of rotatable bonds is 3. The summed E-state index contributed by atoms with van der Waals surface area (Å²) in [6.07, 6.45) is 3.92. The van der Waals surface area contributed by atoms with Gasteiger partial charge in [0, 0.05) is 30.6 Å². The van der Waals surface area contributed by atoms with E-state index in [1.165, 1.54) is 0 Å². The third-order valence-corrected chi connectivity index (χ3v) is 4.46. The summed E-state index contributed by atoms with van der Waals surface area (Å²) in [4.78, 5) is 15.0. The number of nitrogens with zero attached hydrogens (tertiary/aromatic N) is 2. The average Bonchev–Trinajstić information content (AvgIpc) is 3.17. The van der Waals surface area contributed by atoms with Gasteiger partial charge in [0.1, 0.15) is 5.75 Å². The van der Waals surface area contributed by atoms with Crippen LogP contribution in [0.15, 0.2) is 66.9 Å². The fourth-order valence-electron chi connectivity index (χ4n) is 3.16. The number of anilines is 2. The molecule has 124 valence electrons. The molecule has 1 aliphatic rings. The summed E-state index contributed by atoms with van der Waals surface area (Å²) < 4.78 is 7.31. The lowest BCUT2D eigenvalue weighted by atomic mass is 10.1. The molecule has 0 radical (unpaired) electrons. The second-order valence-electron chi connectivity index (χ2n) is 5.96. The van der Waals surface area contributed by atoms with Crippen LogP contribution in [0.1, 0.15) is 11.3 Å². The van der Waals surface area contributed by atoms with Gasteiger partial charge in [-0.15, -0.1) is 0 Å². The molecule has 0 saturated heterocycles. The number of aryl methyl sites for hydroxylation is 1. The van der Waals surface area contributed by atoms with Crippen LogP contribution in [0.4, 0.5) is 11.4 Å². The Morgan fingerprint density at radius 1 is 1.00 bits per heavy atom. The molecule has 2 heterocycles. The minimum atomic E-state index is -0.0318. The molecule has 25 heavy (non-hydrogen) atoms. The monoisotopic (exact) mass is 330 g/mol. The van der Waals surface area contributed by atoms with Gasteiger partial charge in [-0.05, 0) is 36.4 Å². The molecule has 0 unspecified atom stereocenters. The van der Waals surface area contributed by atoms with Crippen LogP contribution in [0.5, 0.6) is 5.75 Å². The van der Waals surface area contributed by atoms with Gasteiger partial charge in [-0.3, -0.25) is 9.69 Å². The third kappa shape index (κ3) is 2.52. The Kier molecular flexibility index (Phi) is 3.65. The zero-order chi connectivity index (χ0) is 17.4. The summed E-state index contributed by atoms with van der Waals surface area (Å²) in [5.74, 6) is 0.693. The number of hydrogen-bond acceptors (Lipinski definition) is 2. The van der Waals surface area contributed by atoms with Crippen LogP contribution >= 0.6 is 0 Å². The van der Waals surface area contributed by atoms with E-state index in [2.05, 4.69) is 0 Å². The van der Waals surface area contributed by atoms with Crippen molar-refractivity contribution >= 4 is 28.9 Å². The van der Waals surface area contributed by atoms with Gasteiger partial charge in [0.15, 0.2) is 0 Å². The first-order chi connectivity index (χ1) is 12.2. The smallest absolute Gasteiger partial charge is 0.263 e. The number of benzene rings is 2. The van der Waals surface area contributed by atoms with E-state index in [0.29, 0.717) is 5.57 Å². The first-order valence-corrected chi connectivity index (χ1v) is 8.10. The number of methoxy groups -OCH3 is 1. The van der Waals surface area contributed by atoms with Crippen molar-refractivity contribution in [2.75, 3.05) is 12.0 Å². The van der Waals surface area contributed by atoms with Crippen molar-refractivity contribution in [1.82, 2.24) is 4.57 Å². The summed E-state index contributed by atoms with van der Waals surface area (Å²) in [5, 5.41) is 0. The molecule has 0 bridgehead atoms. The molecule has 0 spiro atoms. The number of amides is 1. The molecule has 0 atom stereocenters. The molecule has 1 aromatic heterocycles. The number of aromatic nitrogens is 1. The Bertz CT molecular complexity index is 985. The van der Waals surface area contributed by atoms with E-state index in [0.717, 1.165) is 28.4 Å². The molecule has 4 heteroatoms.